The van der Waals surface area contributed by atoms with Crippen molar-refractivity contribution < 1.29 is 4.39 Å². The van der Waals surface area contributed by atoms with Crippen molar-refractivity contribution >= 4 is 17.7 Å². The molecule has 0 saturated heterocycles. The van der Waals surface area contributed by atoms with Crippen LogP contribution in [0.15, 0.2) is 96.6 Å². The second-order valence-electron chi connectivity index (χ2n) is 6.52. The van der Waals surface area contributed by atoms with Gasteiger partial charge in [-0.2, -0.15) is 0 Å². The number of hydrogen-bond acceptors (Lipinski definition) is 1. The van der Waals surface area contributed by atoms with Crippen molar-refractivity contribution in [2.75, 3.05) is 6.16 Å². The summed E-state index contributed by atoms with van der Waals surface area (Å²) < 4.78 is 14.1. The highest BCUT2D eigenvalue weighted by Gasteiger charge is 2.25. The summed E-state index contributed by atoms with van der Waals surface area (Å²) in [6.07, 6.45) is 2.60. The van der Waals surface area contributed by atoms with Crippen LogP contribution in [0, 0.1) is 5.16 Å². The Labute approximate surface area is 149 Å². The predicted molar refractivity (Wildman–Crippen MR) is 107 cm³/mol. The highest BCUT2D eigenvalue weighted by atomic mass is 31.2. The van der Waals surface area contributed by atoms with Crippen LogP contribution in [0.25, 0.3) is 0 Å². The summed E-state index contributed by atoms with van der Waals surface area (Å²) in [4.78, 5) is 0. The van der Waals surface area contributed by atoms with E-state index in [-0.39, 0.29) is 0 Å². The zero-order chi connectivity index (χ0) is 17.9. The zero-order valence-electron chi connectivity index (χ0n) is 14.3. The van der Waals surface area contributed by atoms with Crippen molar-refractivity contribution in [2.45, 2.75) is 19.0 Å². The molecule has 1 atom stereocenters. The van der Waals surface area contributed by atoms with Crippen molar-refractivity contribution in [3.8, 4) is 0 Å². The molecule has 1 nitrogen and oxygen atoms in total. The fraction of sp³-hybridized carbons (Fsp3) is 0.182. The van der Waals surface area contributed by atoms with Crippen LogP contribution in [0.1, 0.15) is 12.8 Å². The molecular weight excluding hydrogens is 328 g/mol. The van der Waals surface area contributed by atoms with Gasteiger partial charge in [0.2, 0.25) is 0 Å². The molecule has 25 heavy (non-hydrogen) atoms. The average molecular weight is 351 g/mol. The lowest BCUT2D eigenvalue weighted by Gasteiger charge is -2.26. The number of halogens is 1. The van der Waals surface area contributed by atoms with E-state index in [0.29, 0.717) is 24.6 Å². The molecule has 0 aliphatic heterocycles. The van der Waals surface area contributed by atoms with Crippen LogP contribution in [0.4, 0.5) is 4.39 Å². The molecule has 0 unspecified atom stereocenters. The number of allylic oxidation sites excluding steroid dienone is 4. The molecule has 1 saturated carbocycles. The van der Waals surface area contributed by atoms with E-state index in [2.05, 4.69) is 13.2 Å². The molecule has 128 valence electrons. The molecular formula is C22H23FNP. The minimum absolute atomic E-state index is 0.370. The number of hydrogen-bond donors (Lipinski definition) is 1. The van der Waals surface area contributed by atoms with Gasteiger partial charge in [0.1, 0.15) is 6.17 Å². The number of nitrogens with one attached hydrogen (secondary N) is 1. The molecule has 0 radical (unpaired) electrons. The Morgan fingerprint density at radius 3 is 2.04 bits per heavy atom. The quantitative estimate of drug-likeness (QED) is 0.549. The van der Waals surface area contributed by atoms with E-state index in [0.717, 1.165) is 21.8 Å². The standard InChI is InChI=1S/C22H23FNP/c1-17-15-19(18(2)22(23)16-17)13-14-25(24,20-9-5-3-6-10-20)21-11-7-4-8-12-21/h3-13,22,24H,1-2,14-16H2/b19-13-/t22-/m0/s1. The first kappa shape index (κ1) is 17.6. The molecule has 3 rings (SSSR count). The first-order valence-corrected chi connectivity index (χ1v) is 10.4. The van der Waals surface area contributed by atoms with Gasteiger partial charge in [0.05, 0.1) is 0 Å². The second kappa shape index (κ2) is 7.37. The van der Waals surface area contributed by atoms with Crippen molar-refractivity contribution in [1.82, 2.24) is 0 Å². The average Bonchev–Trinajstić information content (AvgIpc) is 2.64. The Kier molecular flexibility index (Phi) is 5.20. The van der Waals surface area contributed by atoms with Crippen LogP contribution in [0.5, 0.6) is 0 Å². The van der Waals surface area contributed by atoms with Crippen molar-refractivity contribution in [2.24, 2.45) is 0 Å². The largest absolute Gasteiger partial charge is 0.309 e. The topological polar surface area (TPSA) is 23.9 Å². The summed E-state index contributed by atoms with van der Waals surface area (Å²) in [5, 5.41) is 11.4. The van der Waals surface area contributed by atoms with Crippen molar-refractivity contribution in [3.05, 3.63) is 96.6 Å². The van der Waals surface area contributed by atoms with Crippen LogP contribution in [0.2, 0.25) is 0 Å². The third-order valence-corrected chi connectivity index (χ3v) is 7.79. The Bertz CT molecular complexity index is 809. The van der Waals surface area contributed by atoms with Crippen LogP contribution in [-0.4, -0.2) is 12.3 Å². The lowest BCUT2D eigenvalue weighted by atomic mass is 9.86. The Hall–Kier alpha value is -2.18. The monoisotopic (exact) mass is 351 g/mol. The van der Waals surface area contributed by atoms with Gasteiger partial charge in [-0.05, 0) is 28.2 Å². The number of rotatable bonds is 4. The Balaban J connectivity index is 2.00. The lowest BCUT2D eigenvalue weighted by molar-refractivity contribution is 0.371. The van der Waals surface area contributed by atoms with Gasteiger partial charge in [-0.25, -0.2) is 4.39 Å². The van der Waals surface area contributed by atoms with Crippen LogP contribution < -0.4 is 10.6 Å². The van der Waals surface area contributed by atoms with Gasteiger partial charge in [-0.3, -0.25) is 0 Å². The number of benzene rings is 2. The molecule has 0 amide bonds. The Morgan fingerprint density at radius 1 is 1.00 bits per heavy atom. The molecule has 0 bridgehead atoms. The van der Waals surface area contributed by atoms with E-state index in [1.165, 1.54) is 0 Å². The maximum Gasteiger partial charge on any atom is 0.129 e. The molecule has 2 aromatic carbocycles. The highest BCUT2D eigenvalue weighted by Crippen LogP contribution is 2.45. The maximum absolute atomic E-state index is 14.1. The van der Waals surface area contributed by atoms with E-state index >= 15 is 0 Å². The first-order valence-electron chi connectivity index (χ1n) is 8.44. The van der Waals surface area contributed by atoms with E-state index in [9.17, 15) is 9.55 Å². The van der Waals surface area contributed by atoms with Crippen LogP contribution in [0.3, 0.4) is 0 Å². The number of alkyl halides is 1. The smallest absolute Gasteiger partial charge is 0.129 e. The first-order chi connectivity index (χ1) is 12.0. The van der Waals surface area contributed by atoms with Gasteiger partial charge >= 0.3 is 0 Å². The molecule has 1 fully saturated rings. The van der Waals surface area contributed by atoms with Gasteiger partial charge < -0.3 is 5.16 Å². The summed E-state index contributed by atoms with van der Waals surface area (Å²) in [5.41, 5.74) is 2.37. The summed E-state index contributed by atoms with van der Waals surface area (Å²) in [7, 11) is -2.33. The normalized spacial score (nSPS) is 20.0. The molecule has 1 N–H and O–H groups in total. The SMILES string of the molecule is C=C1C/C(=C/CP(=N)(c2ccccc2)c2ccccc2)C(=C)[C@@H](F)C1. The Morgan fingerprint density at radius 2 is 1.52 bits per heavy atom. The van der Waals surface area contributed by atoms with Crippen molar-refractivity contribution in [1.29, 1.82) is 5.16 Å². The minimum atomic E-state index is -2.33. The van der Waals surface area contributed by atoms with E-state index in [1.54, 1.807) is 0 Å². The fourth-order valence-corrected chi connectivity index (χ4v) is 5.78. The molecule has 1 aliphatic carbocycles. The third kappa shape index (κ3) is 3.75. The minimum Gasteiger partial charge on any atom is -0.309 e. The van der Waals surface area contributed by atoms with Crippen LogP contribution >= 0.6 is 7.05 Å². The lowest BCUT2D eigenvalue weighted by Crippen LogP contribution is -2.18. The molecule has 3 heteroatoms. The third-order valence-electron chi connectivity index (χ3n) is 4.70. The highest BCUT2D eigenvalue weighted by molar-refractivity contribution is 7.79. The maximum atomic E-state index is 14.1. The van der Waals surface area contributed by atoms with Gasteiger partial charge in [-0.15, -0.1) is 0 Å². The molecule has 0 heterocycles. The van der Waals surface area contributed by atoms with E-state index in [1.807, 2.05) is 66.7 Å². The molecule has 0 aromatic heterocycles. The molecule has 1 aliphatic rings. The summed E-state index contributed by atoms with van der Waals surface area (Å²) in [5.74, 6) is 0. The zero-order valence-corrected chi connectivity index (χ0v) is 15.2. The second-order valence-corrected chi connectivity index (χ2v) is 9.53. The van der Waals surface area contributed by atoms with E-state index < -0.39 is 13.2 Å². The summed E-state index contributed by atoms with van der Waals surface area (Å²) >= 11 is 0. The van der Waals surface area contributed by atoms with Gasteiger partial charge in [0.25, 0.3) is 0 Å². The fourth-order valence-electron chi connectivity index (χ4n) is 3.21. The van der Waals surface area contributed by atoms with Gasteiger partial charge in [0, 0.05) is 19.6 Å². The predicted octanol–water partition coefficient (Wildman–Crippen LogP) is 5.59. The van der Waals surface area contributed by atoms with Crippen molar-refractivity contribution in [3.63, 3.8) is 0 Å². The molecule has 2 aromatic rings. The molecule has 0 spiro atoms. The summed E-state index contributed by atoms with van der Waals surface area (Å²) in [6.45, 7) is 7.87. The van der Waals surface area contributed by atoms with E-state index in [4.69, 9.17) is 0 Å². The van der Waals surface area contributed by atoms with Gasteiger partial charge in [0.15, 0.2) is 0 Å². The van der Waals surface area contributed by atoms with Crippen LogP contribution in [-0.2, 0) is 0 Å². The van der Waals surface area contributed by atoms with Gasteiger partial charge in [-0.1, -0.05) is 85.5 Å². The summed E-state index contributed by atoms with van der Waals surface area (Å²) in [6, 6.07) is 20.0.